The lowest BCUT2D eigenvalue weighted by Gasteiger charge is -2.21. The van der Waals surface area contributed by atoms with E-state index in [1.807, 2.05) is 18.4 Å². The molecule has 1 atom stereocenters. The summed E-state index contributed by atoms with van der Waals surface area (Å²) < 4.78 is 0. The average Bonchev–Trinajstić information content (AvgIpc) is 3.12. The van der Waals surface area contributed by atoms with Crippen LogP contribution in [0.1, 0.15) is 17.1 Å². The van der Waals surface area contributed by atoms with Gasteiger partial charge in [-0.1, -0.05) is 17.7 Å². The molecule has 2 aromatic rings. The maximum atomic E-state index is 12.4. The summed E-state index contributed by atoms with van der Waals surface area (Å²) in [6.07, 6.45) is 0.280. The molecular formula is C17H19ClN4O2S. The average molecular weight is 379 g/mol. The van der Waals surface area contributed by atoms with Crippen LogP contribution in [0, 0.1) is 6.92 Å². The Balaban J connectivity index is 1.58. The summed E-state index contributed by atoms with van der Waals surface area (Å²) in [4.78, 5) is 32.2. The standard InChI is InChI=1S/C17H19ClN4O2S/c1-11-19-14(10-25-11)8-21(2)17(24)20-13-7-16(23)22(9-13)15-5-3-4-12(18)6-15/h3-6,10,13H,7-9H2,1-2H3,(H,20,24)/t13-/m0/s1. The molecule has 0 saturated carbocycles. The number of nitrogens with zero attached hydrogens (tertiary/aromatic N) is 3. The molecule has 1 aromatic heterocycles. The number of benzene rings is 1. The molecule has 3 amide bonds. The molecule has 25 heavy (non-hydrogen) atoms. The SMILES string of the molecule is Cc1nc(CN(C)C(=O)N[C@H]2CC(=O)N(c3cccc(Cl)c3)C2)cs1. The van der Waals surface area contributed by atoms with E-state index in [-0.39, 0.29) is 24.4 Å². The monoisotopic (exact) mass is 378 g/mol. The zero-order valence-electron chi connectivity index (χ0n) is 14.0. The third-order valence-corrected chi connectivity index (χ3v) is 5.04. The zero-order chi connectivity index (χ0) is 18.0. The van der Waals surface area contributed by atoms with Gasteiger partial charge in [-0.05, 0) is 25.1 Å². The van der Waals surface area contributed by atoms with E-state index in [9.17, 15) is 9.59 Å². The van der Waals surface area contributed by atoms with Gasteiger partial charge >= 0.3 is 6.03 Å². The highest BCUT2D eigenvalue weighted by atomic mass is 35.5. The van der Waals surface area contributed by atoms with Crippen LogP contribution in [-0.2, 0) is 11.3 Å². The lowest BCUT2D eigenvalue weighted by Crippen LogP contribution is -2.44. The fraction of sp³-hybridized carbons (Fsp3) is 0.353. The highest BCUT2D eigenvalue weighted by Crippen LogP contribution is 2.24. The van der Waals surface area contributed by atoms with E-state index < -0.39 is 0 Å². The number of aromatic nitrogens is 1. The number of nitrogens with one attached hydrogen (secondary N) is 1. The van der Waals surface area contributed by atoms with Gasteiger partial charge in [0.25, 0.3) is 0 Å². The van der Waals surface area contributed by atoms with Crippen LogP contribution in [0.3, 0.4) is 0 Å². The van der Waals surface area contributed by atoms with Gasteiger partial charge in [0.1, 0.15) is 0 Å². The first-order valence-corrected chi connectivity index (χ1v) is 9.16. The summed E-state index contributed by atoms with van der Waals surface area (Å²) in [6.45, 7) is 2.81. The van der Waals surface area contributed by atoms with Crippen molar-refractivity contribution in [2.75, 3.05) is 18.5 Å². The highest BCUT2D eigenvalue weighted by molar-refractivity contribution is 7.09. The minimum Gasteiger partial charge on any atom is -0.333 e. The summed E-state index contributed by atoms with van der Waals surface area (Å²) in [5, 5.41) is 6.42. The molecular weight excluding hydrogens is 360 g/mol. The molecule has 1 aliphatic heterocycles. The summed E-state index contributed by atoms with van der Waals surface area (Å²) in [7, 11) is 1.72. The molecule has 1 fully saturated rings. The van der Waals surface area contributed by atoms with Crippen molar-refractivity contribution < 1.29 is 9.59 Å². The predicted molar refractivity (Wildman–Crippen MR) is 99.1 cm³/mol. The number of halogens is 1. The van der Waals surface area contributed by atoms with Gasteiger partial charge in [-0.3, -0.25) is 4.79 Å². The van der Waals surface area contributed by atoms with Crippen LogP contribution >= 0.6 is 22.9 Å². The number of carbonyl (C=O) groups excluding carboxylic acids is 2. The van der Waals surface area contributed by atoms with Crippen molar-refractivity contribution >= 4 is 40.6 Å². The Morgan fingerprint density at radius 2 is 2.32 bits per heavy atom. The van der Waals surface area contributed by atoms with Crippen molar-refractivity contribution in [3.8, 4) is 0 Å². The molecule has 1 N–H and O–H groups in total. The Morgan fingerprint density at radius 3 is 3.00 bits per heavy atom. The van der Waals surface area contributed by atoms with Crippen molar-refractivity contribution in [3.05, 3.63) is 45.4 Å². The van der Waals surface area contributed by atoms with Crippen molar-refractivity contribution in [2.24, 2.45) is 0 Å². The molecule has 0 radical (unpaired) electrons. The Bertz CT molecular complexity index is 794. The highest BCUT2D eigenvalue weighted by Gasteiger charge is 2.32. The number of hydrogen-bond acceptors (Lipinski definition) is 4. The first-order chi connectivity index (χ1) is 11.9. The fourth-order valence-electron chi connectivity index (χ4n) is 2.78. The lowest BCUT2D eigenvalue weighted by molar-refractivity contribution is -0.117. The normalized spacial score (nSPS) is 17.0. The zero-order valence-corrected chi connectivity index (χ0v) is 15.6. The molecule has 2 heterocycles. The van der Waals surface area contributed by atoms with Gasteiger partial charge in [-0.15, -0.1) is 11.3 Å². The van der Waals surface area contributed by atoms with Crippen molar-refractivity contribution in [1.29, 1.82) is 0 Å². The maximum absolute atomic E-state index is 12.4. The number of thiazole rings is 1. The van der Waals surface area contributed by atoms with Gasteiger partial charge in [0, 0.05) is 36.1 Å². The molecule has 0 aliphatic carbocycles. The predicted octanol–water partition coefficient (Wildman–Crippen LogP) is 3.05. The number of rotatable bonds is 4. The molecule has 0 bridgehead atoms. The van der Waals surface area contributed by atoms with Crippen molar-refractivity contribution in [1.82, 2.24) is 15.2 Å². The Hall–Kier alpha value is -2.12. The third kappa shape index (κ3) is 4.29. The summed E-state index contributed by atoms with van der Waals surface area (Å²) in [6, 6.07) is 6.72. The summed E-state index contributed by atoms with van der Waals surface area (Å²) in [5.74, 6) is -0.0228. The van der Waals surface area contributed by atoms with Crippen LogP contribution in [0.5, 0.6) is 0 Å². The van der Waals surface area contributed by atoms with E-state index in [2.05, 4.69) is 10.3 Å². The van der Waals surface area contributed by atoms with Gasteiger partial charge in [-0.25, -0.2) is 9.78 Å². The minimum absolute atomic E-state index is 0.0228. The molecule has 1 saturated heterocycles. The fourth-order valence-corrected chi connectivity index (χ4v) is 3.57. The number of amides is 3. The van der Waals surface area contributed by atoms with E-state index in [1.165, 1.54) is 0 Å². The maximum Gasteiger partial charge on any atom is 0.317 e. The summed E-state index contributed by atoms with van der Waals surface area (Å²) >= 11 is 7.55. The van der Waals surface area contributed by atoms with Crippen LogP contribution in [0.25, 0.3) is 0 Å². The van der Waals surface area contributed by atoms with E-state index in [4.69, 9.17) is 11.6 Å². The second-order valence-electron chi connectivity index (χ2n) is 6.05. The van der Waals surface area contributed by atoms with E-state index in [0.717, 1.165) is 16.4 Å². The van der Waals surface area contributed by atoms with E-state index in [0.29, 0.717) is 18.1 Å². The quantitative estimate of drug-likeness (QED) is 0.889. The minimum atomic E-state index is -0.224. The van der Waals surface area contributed by atoms with Crippen LogP contribution in [0.2, 0.25) is 5.02 Å². The molecule has 1 aliphatic rings. The smallest absolute Gasteiger partial charge is 0.317 e. The van der Waals surface area contributed by atoms with Crippen LogP contribution in [-0.4, -0.2) is 41.5 Å². The first kappa shape index (κ1) is 17.7. The molecule has 3 rings (SSSR count). The molecule has 8 heteroatoms. The van der Waals surface area contributed by atoms with Crippen LogP contribution in [0.15, 0.2) is 29.6 Å². The second kappa shape index (κ2) is 7.41. The molecule has 0 spiro atoms. The van der Waals surface area contributed by atoms with E-state index >= 15 is 0 Å². The third-order valence-electron chi connectivity index (χ3n) is 3.98. The van der Waals surface area contributed by atoms with Gasteiger partial charge < -0.3 is 15.1 Å². The topological polar surface area (TPSA) is 65.5 Å². The van der Waals surface area contributed by atoms with Crippen molar-refractivity contribution in [2.45, 2.75) is 25.9 Å². The molecule has 6 nitrogen and oxygen atoms in total. The van der Waals surface area contributed by atoms with Gasteiger partial charge in [0.15, 0.2) is 0 Å². The van der Waals surface area contributed by atoms with Crippen LogP contribution < -0.4 is 10.2 Å². The van der Waals surface area contributed by atoms with E-state index in [1.54, 1.807) is 46.4 Å². The number of anilines is 1. The number of aryl methyl sites for hydroxylation is 1. The van der Waals surface area contributed by atoms with Crippen molar-refractivity contribution in [3.63, 3.8) is 0 Å². The van der Waals surface area contributed by atoms with Crippen LogP contribution in [0.4, 0.5) is 10.5 Å². The Labute approximate surface area is 155 Å². The molecule has 0 unspecified atom stereocenters. The largest absolute Gasteiger partial charge is 0.333 e. The number of hydrogen-bond donors (Lipinski definition) is 1. The number of urea groups is 1. The summed E-state index contributed by atoms with van der Waals surface area (Å²) in [5.41, 5.74) is 1.61. The van der Waals surface area contributed by atoms with Gasteiger partial charge in [-0.2, -0.15) is 0 Å². The Kier molecular flexibility index (Phi) is 5.24. The van der Waals surface area contributed by atoms with Gasteiger partial charge in [0.05, 0.1) is 23.3 Å². The first-order valence-electron chi connectivity index (χ1n) is 7.91. The molecule has 1 aromatic carbocycles. The van der Waals surface area contributed by atoms with Gasteiger partial charge in [0.2, 0.25) is 5.91 Å². The second-order valence-corrected chi connectivity index (χ2v) is 7.55. The lowest BCUT2D eigenvalue weighted by atomic mass is 10.2. The molecule has 132 valence electrons. The Morgan fingerprint density at radius 1 is 1.52 bits per heavy atom. The number of carbonyl (C=O) groups is 2.